The van der Waals surface area contributed by atoms with Gasteiger partial charge in [-0.05, 0) is 96.9 Å². The van der Waals surface area contributed by atoms with Gasteiger partial charge in [-0.25, -0.2) is 0 Å². The highest BCUT2D eigenvalue weighted by molar-refractivity contribution is 6.01. The lowest BCUT2D eigenvalue weighted by Gasteiger charge is -2.06. The zero-order valence-electron chi connectivity index (χ0n) is 24.8. The third-order valence-electron chi connectivity index (χ3n) is 6.98. The maximum atomic E-state index is 12.7. The fraction of sp³-hybridized carbons (Fsp3) is 0.194. The number of aliphatic imine (C=N–C) groups is 1. The van der Waals surface area contributed by atoms with Gasteiger partial charge < -0.3 is 4.74 Å². The van der Waals surface area contributed by atoms with Gasteiger partial charge in [0.2, 0.25) is 0 Å². The van der Waals surface area contributed by atoms with E-state index in [0.717, 1.165) is 52.9 Å². The molecule has 5 aromatic rings. The van der Waals surface area contributed by atoms with Crippen LogP contribution in [0.25, 0.3) is 10.8 Å². The molecule has 6 nitrogen and oxygen atoms in total. The van der Waals surface area contributed by atoms with Crippen molar-refractivity contribution in [2.75, 3.05) is 6.61 Å². The Bertz CT molecular complexity index is 1780. The smallest absolute Gasteiger partial charge is 0.416 e. The average molecular weight is 608 g/mol. The Labute approximate surface area is 260 Å². The van der Waals surface area contributed by atoms with Crippen molar-refractivity contribution in [1.82, 2.24) is 0 Å². The maximum Gasteiger partial charge on any atom is 0.416 e. The lowest BCUT2D eigenvalue weighted by molar-refractivity contribution is -0.137. The summed E-state index contributed by atoms with van der Waals surface area (Å²) in [5.74, 6) is 0.862. The molecule has 0 radical (unpaired) electrons. The second-order valence-electron chi connectivity index (χ2n) is 10.3. The molecule has 0 bridgehead atoms. The molecule has 0 aliphatic rings. The molecule has 0 amide bonds. The van der Waals surface area contributed by atoms with Gasteiger partial charge in [-0.2, -0.15) is 28.5 Å². The van der Waals surface area contributed by atoms with E-state index >= 15 is 0 Å². The highest BCUT2D eigenvalue weighted by atomic mass is 19.4. The van der Waals surface area contributed by atoms with E-state index in [0.29, 0.717) is 22.7 Å². The number of azo groups is 2. The van der Waals surface area contributed by atoms with Crippen LogP contribution in [0.5, 0.6) is 5.75 Å². The van der Waals surface area contributed by atoms with Crippen molar-refractivity contribution < 1.29 is 17.9 Å². The minimum Gasteiger partial charge on any atom is -0.494 e. The third-order valence-corrected chi connectivity index (χ3v) is 6.98. The monoisotopic (exact) mass is 607 g/mol. The van der Waals surface area contributed by atoms with Gasteiger partial charge in [0.15, 0.2) is 0 Å². The fourth-order valence-corrected chi connectivity index (χ4v) is 4.51. The molecule has 0 aliphatic carbocycles. The first-order valence-corrected chi connectivity index (χ1v) is 14.8. The molecule has 0 unspecified atom stereocenters. The summed E-state index contributed by atoms with van der Waals surface area (Å²) in [5, 5.41) is 18.8. The van der Waals surface area contributed by atoms with E-state index in [-0.39, 0.29) is 0 Å². The fourth-order valence-electron chi connectivity index (χ4n) is 4.51. The molecule has 0 saturated carbocycles. The number of alkyl halides is 3. The van der Waals surface area contributed by atoms with Gasteiger partial charge in [0.25, 0.3) is 0 Å². The lowest BCUT2D eigenvalue weighted by Crippen LogP contribution is -2.03. The van der Waals surface area contributed by atoms with Crippen LogP contribution in [0.2, 0.25) is 0 Å². The number of fused-ring (bicyclic) bond motifs is 1. The molecule has 9 heteroatoms. The van der Waals surface area contributed by atoms with Crippen molar-refractivity contribution in [3.05, 3.63) is 120 Å². The van der Waals surface area contributed by atoms with Crippen LogP contribution in [0.15, 0.2) is 135 Å². The highest BCUT2D eigenvalue weighted by Gasteiger charge is 2.29. The molecule has 0 saturated heterocycles. The Morgan fingerprint density at radius 1 is 0.600 bits per heavy atom. The Balaban J connectivity index is 1.23. The molecule has 0 fully saturated rings. The number of rotatable bonds is 12. The van der Waals surface area contributed by atoms with E-state index in [2.05, 4.69) is 27.4 Å². The van der Waals surface area contributed by atoms with Crippen molar-refractivity contribution in [2.45, 2.75) is 38.8 Å². The quantitative estimate of drug-likeness (QED) is 0.0790. The normalized spacial score (nSPS) is 12.2. The number of nitrogens with zero attached hydrogens (tertiary/aromatic N) is 5. The zero-order valence-corrected chi connectivity index (χ0v) is 24.8. The molecule has 0 atom stereocenters. The average Bonchev–Trinajstić information content (AvgIpc) is 3.06. The van der Waals surface area contributed by atoms with E-state index in [4.69, 9.17) is 9.73 Å². The Kier molecular flexibility index (Phi) is 10.4. The summed E-state index contributed by atoms with van der Waals surface area (Å²) in [7, 11) is 0. The molecule has 0 heterocycles. The van der Waals surface area contributed by atoms with E-state index in [1.807, 2.05) is 66.9 Å². The van der Waals surface area contributed by atoms with E-state index in [1.165, 1.54) is 31.4 Å². The Hall–Kier alpha value is -5.18. The van der Waals surface area contributed by atoms with Gasteiger partial charge >= 0.3 is 6.18 Å². The SMILES string of the molecule is CCCCCCOc1ccc(C=Nc2ccc(N=Nc3ccc(N=Nc4ccc(C(F)(F)F)cc4)cc3)c3ccccc23)cc1. The first-order valence-electron chi connectivity index (χ1n) is 14.8. The van der Waals surface area contributed by atoms with Crippen LogP contribution < -0.4 is 4.74 Å². The second kappa shape index (κ2) is 15.0. The Morgan fingerprint density at radius 3 is 1.76 bits per heavy atom. The predicted molar refractivity (Wildman–Crippen MR) is 174 cm³/mol. The van der Waals surface area contributed by atoms with Gasteiger partial charge in [0.05, 0.1) is 40.6 Å². The lowest BCUT2D eigenvalue weighted by atomic mass is 10.1. The third kappa shape index (κ3) is 8.92. The molecule has 0 N–H and O–H groups in total. The minimum atomic E-state index is -4.39. The number of hydrogen-bond donors (Lipinski definition) is 0. The molecular formula is C36H32F3N5O. The van der Waals surface area contributed by atoms with E-state index in [1.54, 1.807) is 24.3 Å². The number of unbranched alkanes of at least 4 members (excludes halogenated alkanes) is 3. The molecule has 5 rings (SSSR count). The number of halogens is 3. The van der Waals surface area contributed by atoms with Gasteiger partial charge in [-0.3, -0.25) is 4.99 Å². The summed E-state index contributed by atoms with van der Waals surface area (Å²) in [6, 6.07) is 31.1. The molecule has 45 heavy (non-hydrogen) atoms. The molecule has 0 aromatic heterocycles. The van der Waals surface area contributed by atoms with Crippen molar-refractivity contribution in [3.63, 3.8) is 0 Å². The summed E-state index contributed by atoms with van der Waals surface area (Å²) in [4.78, 5) is 4.75. The zero-order chi connectivity index (χ0) is 31.5. The molecule has 0 spiro atoms. The van der Waals surface area contributed by atoms with Crippen LogP contribution in [-0.2, 0) is 6.18 Å². The van der Waals surface area contributed by atoms with Gasteiger partial charge in [0.1, 0.15) is 5.75 Å². The van der Waals surface area contributed by atoms with Crippen molar-refractivity contribution >= 4 is 45.4 Å². The predicted octanol–water partition coefficient (Wildman–Crippen LogP) is 12.4. The largest absolute Gasteiger partial charge is 0.494 e. The van der Waals surface area contributed by atoms with Gasteiger partial charge in [-0.1, -0.05) is 50.5 Å². The summed E-state index contributed by atoms with van der Waals surface area (Å²) < 4.78 is 44.1. The first-order chi connectivity index (χ1) is 21.9. The van der Waals surface area contributed by atoms with Crippen LogP contribution in [0.1, 0.15) is 43.7 Å². The van der Waals surface area contributed by atoms with Crippen molar-refractivity contribution in [1.29, 1.82) is 0 Å². The molecule has 0 aliphatic heterocycles. The van der Waals surface area contributed by atoms with Crippen molar-refractivity contribution in [3.8, 4) is 5.75 Å². The van der Waals surface area contributed by atoms with Crippen LogP contribution in [-0.4, -0.2) is 12.8 Å². The van der Waals surface area contributed by atoms with E-state index < -0.39 is 11.7 Å². The summed E-state index contributed by atoms with van der Waals surface area (Å²) in [6.45, 7) is 2.93. The summed E-state index contributed by atoms with van der Waals surface area (Å²) in [6.07, 6.45) is 2.15. The summed E-state index contributed by atoms with van der Waals surface area (Å²) in [5.41, 5.74) is 3.24. The first kappa shape index (κ1) is 31.3. The van der Waals surface area contributed by atoms with Crippen LogP contribution in [0.3, 0.4) is 0 Å². The molecule has 5 aromatic carbocycles. The van der Waals surface area contributed by atoms with Gasteiger partial charge in [0, 0.05) is 17.0 Å². The van der Waals surface area contributed by atoms with Crippen LogP contribution in [0, 0.1) is 0 Å². The summed E-state index contributed by atoms with van der Waals surface area (Å²) >= 11 is 0. The molecule has 228 valence electrons. The molecular weight excluding hydrogens is 575 g/mol. The van der Waals surface area contributed by atoms with Gasteiger partial charge in [-0.15, -0.1) is 5.11 Å². The topological polar surface area (TPSA) is 71.0 Å². The maximum absolute atomic E-state index is 12.7. The van der Waals surface area contributed by atoms with E-state index in [9.17, 15) is 13.2 Å². The van der Waals surface area contributed by atoms with Crippen LogP contribution >= 0.6 is 0 Å². The number of ether oxygens (including phenoxy) is 1. The second-order valence-corrected chi connectivity index (χ2v) is 10.3. The standard InChI is InChI=1S/C36H32F3N5O/c1-2-3-4-7-24-45-31-20-10-26(11-21-31)25-40-34-22-23-35(33-9-6-5-8-32(33)34)44-43-30-18-16-29(17-19-30)42-41-28-14-12-27(13-15-28)36(37,38)39/h5-6,8-23,25H,2-4,7,24H2,1H3. The highest BCUT2D eigenvalue weighted by Crippen LogP contribution is 2.35. The number of hydrogen-bond acceptors (Lipinski definition) is 6. The van der Waals surface area contributed by atoms with Crippen molar-refractivity contribution in [2.24, 2.45) is 25.4 Å². The number of benzene rings is 5. The Morgan fingerprint density at radius 2 is 1.16 bits per heavy atom. The minimum absolute atomic E-state index is 0.322. The van der Waals surface area contributed by atoms with Crippen LogP contribution in [0.4, 0.5) is 41.6 Å².